The van der Waals surface area contributed by atoms with Gasteiger partial charge in [-0.2, -0.15) is 13.2 Å². The smallest absolute Gasteiger partial charge is 0.384 e. The number of hydrogen-bond acceptors (Lipinski definition) is 5. The van der Waals surface area contributed by atoms with E-state index in [-0.39, 0.29) is 0 Å². The maximum Gasteiger partial charge on any atom is 0.416 e. The van der Waals surface area contributed by atoms with Crippen molar-refractivity contribution in [1.29, 1.82) is 0 Å². The third-order valence-electron chi connectivity index (χ3n) is 15.9. The van der Waals surface area contributed by atoms with Crippen molar-refractivity contribution in [2.75, 3.05) is 33.1 Å². The summed E-state index contributed by atoms with van der Waals surface area (Å²) in [5, 5.41) is 19.1. The third kappa shape index (κ3) is 22.6. The van der Waals surface area contributed by atoms with Gasteiger partial charge in [0, 0.05) is 57.1 Å². The van der Waals surface area contributed by atoms with Crippen LogP contribution in [-0.4, -0.2) is 6.54 Å². The van der Waals surface area contributed by atoms with E-state index in [0.717, 1.165) is 75.2 Å². The highest BCUT2D eigenvalue weighted by Gasteiger charge is 2.30. The van der Waals surface area contributed by atoms with Gasteiger partial charge in [-0.1, -0.05) is 256 Å². The fourth-order valence-electron chi connectivity index (χ4n) is 10.4. The molecule has 10 aromatic rings. The molecule has 0 aliphatic rings. The highest BCUT2D eigenvalue weighted by molar-refractivity contribution is 6.39. The Balaban J connectivity index is 0.000000185. The highest BCUT2D eigenvalue weighted by atomic mass is 35.5. The van der Waals surface area contributed by atoms with Crippen molar-refractivity contribution in [2.24, 2.45) is 0 Å². The molecule has 0 saturated carbocycles. The van der Waals surface area contributed by atoms with Gasteiger partial charge in [0.05, 0.1) is 21.3 Å². The van der Waals surface area contributed by atoms with Crippen LogP contribution < -0.4 is 26.6 Å². The second-order valence-electron chi connectivity index (χ2n) is 24.7. The van der Waals surface area contributed by atoms with Crippen LogP contribution in [0.5, 0.6) is 0 Å². The molecule has 5 nitrogen and oxygen atoms in total. The van der Waals surface area contributed by atoms with E-state index in [4.69, 9.17) is 34.8 Å². The second-order valence-corrected chi connectivity index (χ2v) is 25.9. The van der Waals surface area contributed by atoms with Gasteiger partial charge >= 0.3 is 6.18 Å². The molecule has 0 fully saturated rings. The number of nitrogens with one attached hydrogen (secondary N) is 5. The lowest BCUT2D eigenvalue weighted by Gasteiger charge is -2.17. The number of para-hydroxylation sites is 5. The molecule has 0 aromatic heterocycles. The van der Waals surface area contributed by atoms with E-state index in [1.807, 2.05) is 100 Å². The van der Waals surface area contributed by atoms with E-state index in [1.165, 1.54) is 62.1 Å². The zero-order chi connectivity index (χ0) is 67.8. The quantitative estimate of drug-likeness (QED) is 0.0629. The average molecular weight is 1310 g/mol. The summed E-state index contributed by atoms with van der Waals surface area (Å²) in [4.78, 5) is 0. The lowest BCUT2D eigenvalue weighted by molar-refractivity contribution is -0.137. The van der Waals surface area contributed by atoms with Crippen molar-refractivity contribution in [3.8, 4) is 0 Å². The normalized spacial score (nSPS) is 10.9. The molecule has 0 amide bonds. The van der Waals surface area contributed by atoms with E-state index in [2.05, 4.69) is 223 Å². The van der Waals surface area contributed by atoms with Crippen molar-refractivity contribution in [2.45, 2.75) is 139 Å². The van der Waals surface area contributed by atoms with Gasteiger partial charge in [0.15, 0.2) is 0 Å². The summed E-state index contributed by atoms with van der Waals surface area (Å²) in [6.07, 6.45) is -3.26. The molecule has 10 aromatic carbocycles. The van der Waals surface area contributed by atoms with Crippen LogP contribution in [0.1, 0.15) is 160 Å². The topological polar surface area (TPSA) is 60.1 Å². The fourth-order valence-corrected chi connectivity index (χ4v) is 11.0. The average Bonchev–Trinajstić information content (AvgIpc) is 0.960. The highest BCUT2D eigenvalue weighted by Crippen LogP contribution is 2.39. The van der Waals surface area contributed by atoms with Gasteiger partial charge in [0.1, 0.15) is 0 Å². The van der Waals surface area contributed by atoms with Gasteiger partial charge in [0.2, 0.25) is 0 Å². The van der Waals surface area contributed by atoms with Crippen molar-refractivity contribution < 1.29 is 13.2 Å². The van der Waals surface area contributed by atoms with E-state index >= 15 is 0 Å². The molecule has 0 spiro atoms. The van der Waals surface area contributed by atoms with Crippen LogP contribution in [0, 0.1) is 27.7 Å². The van der Waals surface area contributed by atoms with Crippen LogP contribution in [0.25, 0.3) is 0 Å². The molecule has 11 heteroatoms. The Morgan fingerprint density at radius 1 is 0.344 bits per heavy atom. The molecule has 488 valence electrons. The largest absolute Gasteiger partial charge is 0.416 e. The molecule has 0 atom stereocenters. The predicted octanol–water partition coefficient (Wildman–Crippen LogP) is 26.9. The first-order valence-electron chi connectivity index (χ1n) is 32.1. The van der Waals surface area contributed by atoms with Crippen LogP contribution >= 0.6 is 34.8 Å². The van der Waals surface area contributed by atoms with E-state index in [1.54, 1.807) is 6.07 Å². The molecule has 0 aliphatic carbocycles. The summed E-state index contributed by atoms with van der Waals surface area (Å²) in [6.45, 7) is 31.0. The number of hydrogen-bond donors (Lipinski definition) is 5. The molecule has 0 unspecified atom stereocenters. The molecule has 0 heterocycles. The van der Waals surface area contributed by atoms with Gasteiger partial charge in [-0.05, 0) is 192 Å². The first-order chi connectivity index (χ1) is 44.3. The zero-order valence-electron chi connectivity index (χ0n) is 56.4. The molecule has 0 bridgehead atoms. The van der Waals surface area contributed by atoms with Gasteiger partial charge in [-0.25, -0.2) is 0 Å². The molecular formula is C82H93Cl3F3N5. The Kier molecular flexibility index (Phi) is 28.9. The first kappa shape index (κ1) is 73.9. The van der Waals surface area contributed by atoms with Crippen molar-refractivity contribution >= 4 is 86.0 Å². The van der Waals surface area contributed by atoms with Crippen LogP contribution in [-0.2, 0) is 12.6 Å². The Labute approximate surface area is 568 Å². The summed E-state index contributed by atoms with van der Waals surface area (Å²) in [5.74, 6) is 2.31. The number of benzene rings is 10. The summed E-state index contributed by atoms with van der Waals surface area (Å²) in [5.41, 5.74) is 20.8. The summed E-state index contributed by atoms with van der Waals surface area (Å²) in [7, 11) is 0. The Bertz CT molecular complexity index is 3830. The van der Waals surface area contributed by atoms with Crippen LogP contribution in [0.15, 0.2) is 224 Å². The van der Waals surface area contributed by atoms with Crippen molar-refractivity contribution in [3.05, 3.63) is 301 Å². The molecular weight excluding hydrogens is 1220 g/mol. The number of rotatable bonds is 17. The third-order valence-corrected chi connectivity index (χ3v) is 17.1. The molecule has 5 N–H and O–H groups in total. The second kappa shape index (κ2) is 36.3. The maximum atomic E-state index is 12.7. The number of anilines is 9. The molecule has 0 aliphatic heterocycles. The molecule has 0 saturated heterocycles. The minimum atomic E-state index is -4.32. The van der Waals surface area contributed by atoms with Crippen LogP contribution in [0.2, 0.25) is 15.1 Å². The molecule has 0 radical (unpaired) electrons. The van der Waals surface area contributed by atoms with Gasteiger partial charge < -0.3 is 26.6 Å². The van der Waals surface area contributed by atoms with Crippen molar-refractivity contribution in [3.63, 3.8) is 0 Å². The van der Waals surface area contributed by atoms with Crippen LogP contribution in [0.3, 0.4) is 0 Å². The Hall–Kier alpha value is -8.14. The van der Waals surface area contributed by atoms with E-state index in [9.17, 15) is 13.2 Å². The lowest BCUT2D eigenvalue weighted by Crippen LogP contribution is -2.07. The van der Waals surface area contributed by atoms with Crippen molar-refractivity contribution in [1.82, 2.24) is 0 Å². The Morgan fingerprint density at radius 2 is 0.731 bits per heavy atom. The van der Waals surface area contributed by atoms with Gasteiger partial charge in [0.25, 0.3) is 0 Å². The summed E-state index contributed by atoms with van der Waals surface area (Å²) in [6, 6.07) is 73.3. The monoisotopic (exact) mass is 1310 g/mol. The van der Waals surface area contributed by atoms with E-state index < -0.39 is 11.7 Å². The standard InChI is InChI=1S/2C17H21N.C16H17Cl2N.C16H18ClN.C16H16F3N/c1-12(2)15-9-5-6-10-17(15)18-16-11-7-8-13(3)14(16)4;1-14(2)16-10-6-7-11-17(16)18-13-12-15-8-4-3-5-9-15;1-10(2)12-6-4-5-7-14(12)19-16-13(17)9-8-11(3)15(16)18;1-11(2)13-7-4-5-9-16(13)18-15-10-6-8-14(17)12(15)3;1-11(2)14-8-3-4-9-15(14)20-13-7-5-6-12(10-13)16(17,18)19/h5-12,18H,1-4H3;3-11,14,18H,12-13H2,1-2H3;4-10,19H,1-3H3;4-11,18H,1-3H3;3-11,20H,1-2H3. The minimum Gasteiger partial charge on any atom is -0.384 e. The Morgan fingerprint density at radius 3 is 1.20 bits per heavy atom. The maximum absolute atomic E-state index is 12.7. The minimum absolute atomic E-state index is 0.296. The fraction of sp³-hybridized carbons (Fsp3) is 0.268. The zero-order valence-corrected chi connectivity index (χ0v) is 58.7. The van der Waals surface area contributed by atoms with E-state index in [0.29, 0.717) is 45.3 Å². The summed E-state index contributed by atoms with van der Waals surface area (Å²) < 4.78 is 38.1. The SMILES string of the molecule is CC(C)c1ccccc1NCCc1ccccc1.CC(C)c1ccccc1Nc1cccc(C(F)(F)F)c1.Cc1c(Cl)cccc1Nc1ccccc1C(C)C.Cc1ccc(Cl)c(Nc2ccccc2C(C)C)c1Cl.Cc1cccc(Nc2ccccc2C(C)C)c1C. The van der Waals surface area contributed by atoms with Crippen LogP contribution in [0.4, 0.5) is 64.4 Å². The number of halogens is 6. The van der Waals surface area contributed by atoms with Gasteiger partial charge in [-0.3, -0.25) is 0 Å². The molecule has 93 heavy (non-hydrogen) atoms. The van der Waals surface area contributed by atoms with Gasteiger partial charge in [-0.15, -0.1) is 0 Å². The lowest BCUT2D eigenvalue weighted by atomic mass is 10.0. The first-order valence-corrected chi connectivity index (χ1v) is 33.2. The molecule has 10 rings (SSSR count). The predicted molar refractivity (Wildman–Crippen MR) is 399 cm³/mol. The number of aryl methyl sites for hydroxylation is 2. The summed E-state index contributed by atoms with van der Waals surface area (Å²) >= 11 is 18.7. The number of alkyl halides is 3.